The van der Waals surface area contributed by atoms with Gasteiger partial charge in [0, 0.05) is 26.0 Å². The highest BCUT2D eigenvalue weighted by molar-refractivity contribution is 7.90. The number of aliphatic hydroxyl groups excluding tert-OH is 1. The summed E-state index contributed by atoms with van der Waals surface area (Å²) in [6, 6.07) is 3.55. The number of anilines is 1. The summed E-state index contributed by atoms with van der Waals surface area (Å²) in [7, 11) is -1.17. The molecular formula is C11H18N2O3S. The van der Waals surface area contributed by atoms with Gasteiger partial charge in [0.1, 0.15) is 15.7 Å². The Balaban J connectivity index is 2.67. The quantitative estimate of drug-likeness (QED) is 0.838. The van der Waals surface area contributed by atoms with E-state index < -0.39 is 15.9 Å². The molecule has 0 aliphatic rings. The lowest BCUT2D eigenvalue weighted by atomic mass is 10.2. The average molecular weight is 258 g/mol. The van der Waals surface area contributed by atoms with E-state index in [1.807, 2.05) is 0 Å². The summed E-state index contributed by atoms with van der Waals surface area (Å²) in [5.41, 5.74) is 0.741. The van der Waals surface area contributed by atoms with Crippen LogP contribution in [0, 0.1) is 0 Å². The van der Waals surface area contributed by atoms with Crippen molar-refractivity contribution in [2.75, 3.05) is 30.5 Å². The second-order valence-electron chi connectivity index (χ2n) is 4.18. The average Bonchev–Trinajstić information content (AvgIpc) is 2.25. The lowest BCUT2D eigenvalue weighted by Gasteiger charge is -2.17. The van der Waals surface area contributed by atoms with Gasteiger partial charge in [-0.25, -0.2) is 13.4 Å². The molecule has 0 radical (unpaired) electrons. The van der Waals surface area contributed by atoms with Crippen LogP contribution in [0.4, 0.5) is 5.82 Å². The van der Waals surface area contributed by atoms with Crippen LogP contribution in [0.2, 0.25) is 0 Å². The van der Waals surface area contributed by atoms with Crippen molar-refractivity contribution in [3.8, 4) is 0 Å². The molecular weight excluding hydrogens is 240 g/mol. The maximum absolute atomic E-state index is 11.0. The Morgan fingerprint density at radius 2 is 2.12 bits per heavy atom. The molecule has 96 valence electrons. The van der Waals surface area contributed by atoms with E-state index in [9.17, 15) is 13.5 Å². The predicted molar refractivity (Wildman–Crippen MR) is 67.9 cm³/mol. The van der Waals surface area contributed by atoms with Gasteiger partial charge in [0.2, 0.25) is 0 Å². The Hall–Kier alpha value is -1.14. The number of nitrogens with zero attached hydrogens (tertiary/aromatic N) is 2. The number of pyridine rings is 1. The monoisotopic (exact) mass is 258 g/mol. The minimum atomic E-state index is -2.96. The van der Waals surface area contributed by atoms with E-state index in [1.165, 1.54) is 6.26 Å². The van der Waals surface area contributed by atoms with Crippen LogP contribution in [-0.4, -0.2) is 44.1 Å². The standard InChI is InChI=1S/C11H18N2O3S/c1-9(14)10-4-5-11(12-8-10)13(2)6-7-17(3,15)16/h4-5,8-9,14H,6-7H2,1-3H3/t9-/m1/s1. The van der Waals surface area contributed by atoms with Gasteiger partial charge in [-0.05, 0) is 18.6 Å². The molecule has 1 N–H and O–H groups in total. The van der Waals surface area contributed by atoms with Crippen LogP contribution in [0.25, 0.3) is 0 Å². The molecule has 1 aromatic rings. The van der Waals surface area contributed by atoms with Crippen molar-refractivity contribution in [1.29, 1.82) is 0 Å². The van der Waals surface area contributed by atoms with Crippen LogP contribution in [0.3, 0.4) is 0 Å². The molecule has 1 heterocycles. The molecule has 0 aliphatic carbocycles. The van der Waals surface area contributed by atoms with Gasteiger partial charge in [-0.15, -0.1) is 0 Å². The Morgan fingerprint density at radius 1 is 1.47 bits per heavy atom. The highest BCUT2D eigenvalue weighted by atomic mass is 32.2. The first-order chi connectivity index (χ1) is 7.79. The maximum atomic E-state index is 11.0. The topological polar surface area (TPSA) is 70.5 Å². The summed E-state index contributed by atoms with van der Waals surface area (Å²) in [4.78, 5) is 5.94. The fourth-order valence-electron chi connectivity index (χ4n) is 1.29. The van der Waals surface area contributed by atoms with Crippen LogP contribution >= 0.6 is 0 Å². The van der Waals surface area contributed by atoms with E-state index in [0.29, 0.717) is 12.4 Å². The fourth-order valence-corrected chi connectivity index (χ4v) is 1.89. The molecule has 0 aromatic carbocycles. The van der Waals surface area contributed by atoms with Crippen LogP contribution in [0.1, 0.15) is 18.6 Å². The molecule has 0 aliphatic heterocycles. The summed E-state index contributed by atoms with van der Waals surface area (Å²) < 4.78 is 22.1. The van der Waals surface area contributed by atoms with E-state index in [1.54, 1.807) is 37.2 Å². The Morgan fingerprint density at radius 3 is 2.53 bits per heavy atom. The number of hydrogen-bond acceptors (Lipinski definition) is 5. The van der Waals surface area contributed by atoms with Crippen molar-refractivity contribution in [2.45, 2.75) is 13.0 Å². The number of rotatable bonds is 5. The largest absolute Gasteiger partial charge is 0.389 e. The third kappa shape index (κ3) is 4.70. The summed E-state index contributed by atoms with van der Waals surface area (Å²) in [6.07, 6.45) is 2.26. The zero-order valence-corrected chi connectivity index (χ0v) is 11.1. The predicted octanol–water partition coefficient (Wildman–Crippen LogP) is 0.616. The molecule has 0 spiro atoms. The first-order valence-corrected chi connectivity index (χ1v) is 7.38. The molecule has 1 aromatic heterocycles. The molecule has 0 fully saturated rings. The van der Waals surface area contributed by atoms with Crippen LogP contribution < -0.4 is 4.90 Å². The van der Waals surface area contributed by atoms with Gasteiger partial charge in [0.15, 0.2) is 0 Å². The zero-order valence-electron chi connectivity index (χ0n) is 10.3. The molecule has 0 bridgehead atoms. The molecule has 1 atom stereocenters. The smallest absolute Gasteiger partial charge is 0.149 e. The highest BCUT2D eigenvalue weighted by Gasteiger charge is 2.08. The molecule has 5 nitrogen and oxygen atoms in total. The second kappa shape index (κ2) is 5.46. The van der Waals surface area contributed by atoms with Crippen molar-refractivity contribution in [3.63, 3.8) is 0 Å². The van der Waals surface area contributed by atoms with Crippen molar-refractivity contribution >= 4 is 15.7 Å². The minimum absolute atomic E-state index is 0.101. The lowest BCUT2D eigenvalue weighted by Crippen LogP contribution is -2.25. The summed E-state index contributed by atoms with van der Waals surface area (Å²) in [6.45, 7) is 2.07. The summed E-state index contributed by atoms with van der Waals surface area (Å²) >= 11 is 0. The van der Waals surface area contributed by atoms with Crippen molar-refractivity contribution in [2.24, 2.45) is 0 Å². The summed E-state index contributed by atoms with van der Waals surface area (Å²) in [5.74, 6) is 0.793. The van der Waals surface area contributed by atoms with Gasteiger partial charge < -0.3 is 10.0 Å². The number of aromatic nitrogens is 1. The molecule has 0 saturated heterocycles. The van der Waals surface area contributed by atoms with Crippen LogP contribution in [-0.2, 0) is 9.84 Å². The third-order valence-electron chi connectivity index (χ3n) is 2.44. The fraction of sp³-hybridized carbons (Fsp3) is 0.545. The Kier molecular flexibility index (Phi) is 4.47. The molecule has 1 rings (SSSR count). The van der Waals surface area contributed by atoms with Crippen molar-refractivity contribution in [3.05, 3.63) is 23.9 Å². The third-order valence-corrected chi connectivity index (χ3v) is 3.37. The van der Waals surface area contributed by atoms with E-state index in [-0.39, 0.29) is 5.75 Å². The van der Waals surface area contributed by atoms with Crippen molar-refractivity contribution in [1.82, 2.24) is 4.98 Å². The van der Waals surface area contributed by atoms with Crippen LogP contribution in [0.5, 0.6) is 0 Å². The first kappa shape index (κ1) is 13.9. The van der Waals surface area contributed by atoms with Gasteiger partial charge in [-0.3, -0.25) is 0 Å². The molecule has 6 heteroatoms. The minimum Gasteiger partial charge on any atom is -0.389 e. The maximum Gasteiger partial charge on any atom is 0.149 e. The van der Waals surface area contributed by atoms with Gasteiger partial charge in [0.25, 0.3) is 0 Å². The number of aliphatic hydroxyl groups is 1. The van der Waals surface area contributed by atoms with Gasteiger partial charge >= 0.3 is 0 Å². The number of sulfone groups is 1. The lowest BCUT2D eigenvalue weighted by molar-refractivity contribution is 0.199. The van der Waals surface area contributed by atoms with Gasteiger partial charge in [-0.1, -0.05) is 6.07 Å². The van der Waals surface area contributed by atoms with Gasteiger partial charge in [0.05, 0.1) is 11.9 Å². The van der Waals surface area contributed by atoms with E-state index >= 15 is 0 Å². The van der Waals surface area contributed by atoms with Crippen LogP contribution in [0.15, 0.2) is 18.3 Å². The second-order valence-corrected chi connectivity index (χ2v) is 6.44. The molecule has 0 saturated carbocycles. The van der Waals surface area contributed by atoms with Crippen molar-refractivity contribution < 1.29 is 13.5 Å². The van der Waals surface area contributed by atoms with E-state index in [2.05, 4.69) is 4.98 Å². The zero-order chi connectivity index (χ0) is 13.1. The number of hydrogen-bond donors (Lipinski definition) is 1. The Bertz CT molecular complexity index is 454. The first-order valence-electron chi connectivity index (χ1n) is 5.32. The van der Waals surface area contributed by atoms with E-state index in [0.717, 1.165) is 5.56 Å². The molecule has 0 unspecified atom stereocenters. The molecule has 17 heavy (non-hydrogen) atoms. The van der Waals surface area contributed by atoms with E-state index in [4.69, 9.17) is 0 Å². The summed E-state index contributed by atoms with van der Waals surface area (Å²) in [5, 5.41) is 9.33. The Labute approximate surface area is 102 Å². The molecule has 0 amide bonds. The highest BCUT2D eigenvalue weighted by Crippen LogP contribution is 2.14. The van der Waals surface area contributed by atoms with Gasteiger partial charge in [-0.2, -0.15) is 0 Å². The SMILES string of the molecule is C[C@@H](O)c1ccc(N(C)CCS(C)(=O)=O)nc1. The normalized spacial score (nSPS) is 13.4.